The fourth-order valence-corrected chi connectivity index (χ4v) is 1.73. The Morgan fingerprint density at radius 1 is 1.28 bits per heavy atom. The highest BCUT2D eigenvalue weighted by atomic mass is 16.6. The van der Waals surface area contributed by atoms with Crippen molar-refractivity contribution in [3.63, 3.8) is 0 Å². The molecule has 0 saturated carbocycles. The Balaban J connectivity index is 2.29. The average molecular weight is 244 g/mol. The molecule has 1 heterocycles. The fourth-order valence-electron chi connectivity index (χ4n) is 1.73. The van der Waals surface area contributed by atoms with Gasteiger partial charge in [-0.1, -0.05) is 24.3 Å². The zero-order valence-electron chi connectivity index (χ0n) is 10.7. The maximum Gasteiger partial charge on any atom is 0.333 e. The van der Waals surface area contributed by atoms with Crippen LogP contribution in [-0.4, -0.2) is 17.4 Å². The number of aliphatic imine (C=N–C) groups is 1. The molecule has 0 saturated heterocycles. The number of carbonyl (C=O) groups excluding carboxylic acids is 1. The minimum absolute atomic E-state index is 0.411. The molecular weight excluding hydrogens is 228 g/mol. The van der Waals surface area contributed by atoms with Crippen LogP contribution in [0.2, 0.25) is 0 Å². The number of amidine groups is 1. The minimum Gasteiger partial charge on any atom is -0.457 e. The second kappa shape index (κ2) is 4.29. The van der Waals surface area contributed by atoms with E-state index in [0.717, 1.165) is 11.1 Å². The number of fused-ring (bicyclic) bond motifs is 1. The Labute approximate surface area is 106 Å². The summed E-state index contributed by atoms with van der Waals surface area (Å²) in [5.41, 5.74) is 7.55. The van der Waals surface area contributed by atoms with E-state index in [-0.39, 0.29) is 0 Å². The third kappa shape index (κ3) is 2.59. The topological polar surface area (TPSA) is 64.7 Å². The van der Waals surface area contributed by atoms with Gasteiger partial charge in [0.2, 0.25) is 0 Å². The molecule has 0 unspecified atom stereocenters. The first kappa shape index (κ1) is 12.4. The number of benzene rings is 1. The number of hydrogen-bond acceptors (Lipinski definition) is 4. The second-order valence-corrected chi connectivity index (χ2v) is 5.11. The van der Waals surface area contributed by atoms with Crippen molar-refractivity contribution in [3.05, 3.63) is 41.5 Å². The molecule has 0 aliphatic carbocycles. The molecule has 1 aromatic carbocycles. The second-order valence-electron chi connectivity index (χ2n) is 5.11. The molecule has 4 nitrogen and oxygen atoms in total. The van der Waals surface area contributed by atoms with Gasteiger partial charge in [0.05, 0.1) is 5.70 Å². The van der Waals surface area contributed by atoms with Crippen LogP contribution < -0.4 is 5.73 Å². The number of nitrogens with two attached hydrogens (primary N) is 1. The average Bonchev–Trinajstić information content (AvgIpc) is 2.54. The number of rotatable bonds is 1. The van der Waals surface area contributed by atoms with Crippen LogP contribution in [0.15, 0.2) is 35.3 Å². The molecule has 4 heteroatoms. The smallest absolute Gasteiger partial charge is 0.333 e. The number of nitrogens with zero attached hydrogens (tertiary/aromatic N) is 1. The number of hydrogen-bond donors (Lipinski definition) is 1. The molecule has 2 N–H and O–H groups in total. The fraction of sp³-hybridized carbons (Fsp3) is 0.286. The van der Waals surface area contributed by atoms with Crippen molar-refractivity contribution in [3.8, 4) is 0 Å². The van der Waals surface area contributed by atoms with Gasteiger partial charge in [0.15, 0.2) is 0 Å². The molecular formula is C14H16N2O2. The summed E-state index contributed by atoms with van der Waals surface area (Å²) in [5, 5.41) is 0. The molecule has 1 aliphatic heterocycles. The van der Waals surface area contributed by atoms with Gasteiger partial charge in [-0.05, 0) is 20.8 Å². The van der Waals surface area contributed by atoms with Gasteiger partial charge in [0.1, 0.15) is 11.4 Å². The van der Waals surface area contributed by atoms with Crippen LogP contribution in [0.1, 0.15) is 31.9 Å². The largest absolute Gasteiger partial charge is 0.457 e. The van der Waals surface area contributed by atoms with Crippen molar-refractivity contribution in [2.45, 2.75) is 26.4 Å². The van der Waals surface area contributed by atoms with Crippen LogP contribution in [0.3, 0.4) is 0 Å². The van der Waals surface area contributed by atoms with Gasteiger partial charge < -0.3 is 10.5 Å². The molecule has 0 fully saturated rings. The molecule has 1 aliphatic rings. The highest BCUT2D eigenvalue weighted by molar-refractivity contribution is 6.11. The van der Waals surface area contributed by atoms with Gasteiger partial charge in [-0.3, -0.25) is 0 Å². The van der Waals surface area contributed by atoms with E-state index < -0.39 is 11.6 Å². The molecule has 2 rings (SSSR count). The van der Waals surface area contributed by atoms with Crippen LogP contribution in [0, 0.1) is 0 Å². The molecule has 0 radical (unpaired) electrons. The summed E-state index contributed by atoms with van der Waals surface area (Å²) in [7, 11) is 0. The van der Waals surface area contributed by atoms with Gasteiger partial charge in [-0.15, -0.1) is 0 Å². The third-order valence-electron chi connectivity index (χ3n) is 2.38. The van der Waals surface area contributed by atoms with Crippen LogP contribution in [0.4, 0.5) is 0 Å². The number of carbonyl (C=O) groups is 1. The number of ether oxygens (including phenoxy) is 1. The quantitative estimate of drug-likeness (QED) is 0.607. The Kier molecular flexibility index (Phi) is 2.95. The highest BCUT2D eigenvalue weighted by Gasteiger charge is 2.20. The molecule has 0 atom stereocenters. The van der Waals surface area contributed by atoms with Gasteiger partial charge in [0, 0.05) is 17.2 Å². The highest BCUT2D eigenvalue weighted by Crippen LogP contribution is 2.27. The molecule has 0 spiro atoms. The monoisotopic (exact) mass is 244 g/mol. The Hall–Kier alpha value is -2.10. The van der Waals surface area contributed by atoms with Crippen LogP contribution >= 0.6 is 0 Å². The van der Waals surface area contributed by atoms with Gasteiger partial charge in [-0.2, -0.15) is 0 Å². The Bertz CT molecular complexity index is 551. The van der Waals surface area contributed by atoms with Gasteiger partial charge >= 0.3 is 5.97 Å². The minimum atomic E-state index is -0.512. The van der Waals surface area contributed by atoms with Crippen molar-refractivity contribution >= 4 is 17.5 Å². The Morgan fingerprint density at radius 2 is 1.89 bits per heavy atom. The lowest BCUT2D eigenvalue weighted by Crippen LogP contribution is -2.22. The summed E-state index contributed by atoms with van der Waals surface area (Å²) in [5.74, 6) is 0.0196. The molecule has 0 bridgehead atoms. The SMILES string of the molecule is CC(C)(C)OC(=O)/C=C1\N=C(N)c2ccccc21. The predicted molar refractivity (Wildman–Crippen MR) is 71.0 cm³/mol. The van der Waals surface area contributed by atoms with Crippen molar-refractivity contribution in [2.24, 2.45) is 10.7 Å². The first-order valence-electron chi connectivity index (χ1n) is 5.75. The van der Waals surface area contributed by atoms with Crippen LogP contribution in [-0.2, 0) is 9.53 Å². The van der Waals surface area contributed by atoms with Crippen LogP contribution in [0.5, 0.6) is 0 Å². The molecule has 1 aromatic rings. The summed E-state index contributed by atoms with van der Waals surface area (Å²) >= 11 is 0. The summed E-state index contributed by atoms with van der Waals surface area (Å²) in [6.45, 7) is 5.47. The lowest BCUT2D eigenvalue weighted by Gasteiger charge is -2.18. The first-order chi connectivity index (χ1) is 8.37. The van der Waals surface area contributed by atoms with Crippen molar-refractivity contribution < 1.29 is 9.53 Å². The van der Waals surface area contributed by atoms with Crippen LogP contribution in [0.25, 0.3) is 5.70 Å². The summed E-state index contributed by atoms with van der Waals surface area (Å²) in [6.07, 6.45) is 1.38. The van der Waals surface area contributed by atoms with E-state index in [0.29, 0.717) is 11.5 Å². The van der Waals surface area contributed by atoms with E-state index in [4.69, 9.17) is 10.5 Å². The maximum absolute atomic E-state index is 11.7. The predicted octanol–water partition coefficient (Wildman–Crippen LogP) is 2.09. The standard InChI is InChI=1S/C14H16N2O2/c1-14(2,3)18-12(17)8-11-9-6-4-5-7-10(9)13(15)16-11/h4-8H,1-3H3,(H2,15,16)/b11-8-. The summed E-state index contributed by atoms with van der Waals surface area (Å²) < 4.78 is 5.22. The summed E-state index contributed by atoms with van der Waals surface area (Å²) in [6, 6.07) is 7.53. The van der Waals surface area contributed by atoms with E-state index in [1.54, 1.807) is 0 Å². The van der Waals surface area contributed by atoms with E-state index in [9.17, 15) is 4.79 Å². The first-order valence-corrected chi connectivity index (χ1v) is 5.75. The molecule has 18 heavy (non-hydrogen) atoms. The lowest BCUT2D eigenvalue weighted by atomic mass is 10.1. The Morgan fingerprint density at radius 3 is 2.50 bits per heavy atom. The maximum atomic E-state index is 11.7. The molecule has 0 amide bonds. The number of esters is 1. The van der Waals surface area contributed by atoms with Crippen molar-refractivity contribution in [2.75, 3.05) is 0 Å². The van der Waals surface area contributed by atoms with E-state index >= 15 is 0 Å². The van der Waals surface area contributed by atoms with E-state index in [2.05, 4.69) is 4.99 Å². The van der Waals surface area contributed by atoms with Crippen molar-refractivity contribution in [1.82, 2.24) is 0 Å². The van der Waals surface area contributed by atoms with E-state index in [1.807, 2.05) is 45.0 Å². The van der Waals surface area contributed by atoms with Gasteiger partial charge in [-0.25, -0.2) is 9.79 Å². The molecule has 94 valence electrons. The van der Waals surface area contributed by atoms with E-state index in [1.165, 1.54) is 6.08 Å². The molecule has 0 aromatic heterocycles. The van der Waals surface area contributed by atoms with Gasteiger partial charge in [0.25, 0.3) is 0 Å². The lowest BCUT2D eigenvalue weighted by molar-refractivity contribution is -0.148. The summed E-state index contributed by atoms with van der Waals surface area (Å²) in [4.78, 5) is 15.9. The van der Waals surface area contributed by atoms with Crippen molar-refractivity contribution in [1.29, 1.82) is 0 Å². The zero-order chi connectivity index (χ0) is 13.3. The zero-order valence-corrected chi connectivity index (χ0v) is 10.7. The third-order valence-corrected chi connectivity index (χ3v) is 2.38. The normalized spacial score (nSPS) is 16.4.